The zero-order valence-electron chi connectivity index (χ0n) is 13.0. The van der Waals surface area contributed by atoms with Crippen molar-refractivity contribution < 1.29 is 17.9 Å². The lowest BCUT2D eigenvalue weighted by atomic mass is 10.2. The number of nitrogens with one attached hydrogen (secondary N) is 1. The van der Waals surface area contributed by atoms with E-state index >= 15 is 0 Å². The molecule has 6 heteroatoms. The van der Waals surface area contributed by atoms with Crippen molar-refractivity contribution in [1.29, 1.82) is 0 Å². The zero-order valence-corrected chi connectivity index (χ0v) is 13.8. The van der Waals surface area contributed by atoms with Crippen LogP contribution in [0.1, 0.15) is 12.5 Å². The zero-order chi connectivity index (χ0) is 16.9. The van der Waals surface area contributed by atoms with Gasteiger partial charge < -0.3 is 10.1 Å². The molecule has 0 fully saturated rings. The first-order valence-electron chi connectivity index (χ1n) is 7.13. The van der Waals surface area contributed by atoms with E-state index in [1.54, 1.807) is 55.6 Å². The van der Waals surface area contributed by atoms with Crippen LogP contribution in [0.4, 0.5) is 5.69 Å². The maximum absolute atomic E-state index is 12.4. The Morgan fingerprint density at radius 1 is 1.09 bits per heavy atom. The molecule has 1 atom stereocenters. The summed E-state index contributed by atoms with van der Waals surface area (Å²) in [5, 5.41) is 1.48. The normalized spacial score (nSPS) is 12.4. The Hall–Kier alpha value is -2.34. The summed E-state index contributed by atoms with van der Waals surface area (Å²) in [7, 11) is -2.03. The van der Waals surface area contributed by atoms with Gasteiger partial charge >= 0.3 is 0 Å². The molecule has 5 nitrogen and oxygen atoms in total. The van der Waals surface area contributed by atoms with Crippen molar-refractivity contribution in [2.45, 2.75) is 17.9 Å². The van der Waals surface area contributed by atoms with E-state index in [-0.39, 0.29) is 5.75 Å². The Labute approximate surface area is 136 Å². The molecule has 2 rings (SSSR count). The predicted octanol–water partition coefficient (Wildman–Crippen LogP) is 2.64. The highest BCUT2D eigenvalue weighted by atomic mass is 32.2. The van der Waals surface area contributed by atoms with Crippen LogP contribution < -0.4 is 10.1 Å². The standard InChI is InChI=1S/C17H19NO4S/c1-13(23(20,21)12-14-6-4-3-5-7-14)17(19)18-15-8-10-16(22-2)11-9-15/h3-11,13H,12H2,1-2H3,(H,18,19). The summed E-state index contributed by atoms with van der Waals surface area (Å²) in [5.41, 5.74) is 1.19. The van der Waals surface area contributed by atoms with Gasteiger partial charge in [0.1, 0.15) is 11.0 Å². The van der Waals surface area contributed by atoms with Crippen LogP contribution >= 0.6 is 0 Å². The maximum atomic E-state index is 12.4. The molecule has 2 aromatic rings. The van der Waals surface area contributed by atoms with Crippen molar-refractivity contribution in [3.63, 3.8) is 0 Å². The van der Waals surface area contributed by atoms with Gasteiger partial charge in [0.15, 0.2) is 9.84 Å². The Morgan fingerprint density at radius 2 is 1.70 bits per heavy atom. The third-order valence-corrected chi connectivity index (χ3v) is 5.50. The molecule has 0 saturated carbocycles. The van der Waals surface area contributed by atoms with E-state index in [2.05, 4.69) is 5.32 Å². The number of amides is 1. The molecule has 1 N–H and O–H groups in total. The van der Waals surface area contributed by atoms with Gasteiger partial charge in [-0.15, -0.1) is 0 Å². The smallest absolute Gasteiger partial charge is 0.242 e. The molecule has 0 radical (unpaired) electrons. The van der Waals surface area contributed by atoms with E-state index < -0.39 is 21.0 Å². The number of carbonyl (C=O) groups excluding carboxylic acids is 1. The molecule has 0 saturated heterocycles. The van der Waals surface area contributed by atoms with Crippen LogP contribution in [0, 0.1) is 0 Å². The van der Waals surface area contributed by atoms with Gasteiger partial charge in [0.2, 0.25) is 5.91 Å². The minimum absolute atomic E-state index is 0.162. The molecule has 0 spiro atoms. The highest BCUT2D eigenvalue weighted by Crippen LogP contribution is 2.17. The first-order chi connectivity index (χ1) is 10.9. The number of methoxy groups -OCH3 is 1. The van der Waals surface area contributed by atoms with Crippen LogP contribution in [0.25, 0.3) is 0 Å². The Bertz CT molecular complexity index is 755. The molecule has 0 bridgehead atoms. The van der Waals surface area contributed by atoms with E-state index in [1.807, 2.05) is 6.07 Å². The van der Waals surface area contributed by atoms with Crippen LogP contribution in [0.15, 0.2) is 54.6 Å². The molecule has 0 aliphatic heterocycles. The highest BCUT2D eigenvalue weighted by molar-refractivity contribution is 7.92. The number of ether oxygens (including phenoxy) is 1. The molecule has 1 unspecified atom stereocenters. The van der Waals surface area contributed by atoms with E-state index in [0.29, 0.717) is 17.0 Å². The lowest BCUT2D eigenvalue weighted by Crippen LogP contribution is -2.33. The first-order valence-corrected chi connectivity index (χ1v) is 8.84. The summed E-state index contributed by atoms with van der Waals surface area (Å²) < 4.78 is 29.7. The minimum Gasteiger partial charge on any atom is -0.497 e. The van der Waals surface area contributed by atoms with Crippen molar-refractivity contribution in [3.8, 4) is 5.75 Å². The first kappa shape index (κ1) is 17.0. The number of anilines is 1. The van der Waals surface area contributed by atoms with Gasteiger partial charge in [-0.3, -0.25) is 4.79 Å². The van der Waals surface area contributed by atoms with E-state index in [1.165, 1.54) is 6.92 Å². The fourth-order valence-electron chi connectivity index (χ4n) is 2.01. The molecule has 0 aliphatic carbocycles. The second-order valence-electron chi connectivity index (χ2n) is 5.15. The minimum atomic E-state index is -3.58. The predicted molar refractivity (Wildman–Crippen MR) is 90.2 cm³/mol. The van der Waals surface area contributed by atoms with Crippen LogP contribution in [0.3, 0.4) is 0 Å². The van der Waals surface area contributed by atoms with Gasteiger partial charge in [0, 0.05) is 5.69 Å². The molecule has 0 heterocycles. The van der Waals surface area contributed by atoms with Crippen LogP contribution in [-0.2, 0) is 20.4 Å². The molecule has 2 aromatic carbocycles. The lowest BCUT2D eigenvalue weighted by Gasteiger charge is -2.13. The van der Waals surface area contributed by atoms with Crippen molar-refractivity contribution in [3.05, 3.63) is 60.2 Å². The van der Waals surface area contributed by atoms with E-state index in [0.717, 1.165) is 0 Å². The SMILES string of the molecule is COc1ccc(NC(=O)C(C)S(=O)(=O)Cc2ccccc2)cc1. The summed E-state index contributed by atoms with van der Waals surface area (Å²) >= 11 is 0. The number of hydrogen-bond donors (Lipinski definition) is 1. The van der Waals surface area contributed by atoms with Gasteiger partial charge in [-0.05, 0) is 36.8 Å². The molecule has 23 heavy (non-hydrogen) atoms. The van der Waals surface area contributed by atoms with E-state index in [4.69, 9.17) is 4.74 Å². The van der Waals surface area contributed by atoms with Gasteiger partial charge in [-0.1, -0.05) is 30.3 Å². The average Bonchev–Trinajstić information content (AvgIpc) is 2.55. The van der Waals surface area contributed by atoms with Crippen LogP contribution in [0.5, 0.6) is 5.75 Å². The van der Waals surface area contributed by atoms with Crippen molar-refractivity contribution >= 4 is 21.4 Å². The Balaban J connectivity index is 2.05. The highest BCUT2D eigenvalue weighted by Gasteiger charge is 2.28. The summed E-state index contributed by atoms with van der Waals surface area (Å²) in [5.74, 6) is -0.0516. The quantitative estimate of drug-likeness (QED) is 0.882. The fourth-order valence-corrected chi connectivity index (χ4v) is 3.31. The molecule has 0 aliphatic rings. The molecule has 1 amide bonds. The van der Waals surface area contributed by atoms with Crippen LogP contribution in [0.2, 0.25) is 0 Å². The van der Waals surface area contributed by atoms with Crippen molar-refractivity contribution in [1.82, 2.24) is 0 Å². The topological polar surface area (TPSA) is 72.5 Å². The number of rotatable bonds is 6. The Kier molecular flexibility index (Phi) is 5.39. The molecule has 0 aromatic heterocycles. The maximum Gasteiger partial charge on any atom is 0.242 e. The van der Waals surface area contributed by atoms with Crippen molar-refractivity contribution in [2.75, 3.05) is 12.4 Å². The molecular formula is C17H19NO4S. The molecule has 122 valence electrons. The second kappa shape index (κ2) is 7.28. The summed E-state index contributed by atoms with van der Waals surface area (Å²) in [6.45, 7) is 1.40. The Morgan fingerprint density at radius 3 is 2.26 bits per heavy atom. The van der Waals surface area contributed by atoms with Gasteiger partial charge in [0.25, 0.3) is 0 Å². The largest absolute Gasteiger partial charge is 0.497 e. The van der Waals surface area contributed by atoms with Gasteiger partial charge in [0.05, 0.1) is 12.9 Å². The third kappa shape index (κ3) is 4.56. The fraction of sp³-hybridized carbons (Fsp3) is 0.235. The third-order valence-electron chi connectivity index (χ3n) is 3.48. The number of sulfone groups is 1. The van der Waals surface area contributed by atoms with E-state index in [9.17, 15) is 13.2 Å². The number of benzene rings is 2. The van der Waals surface area contributed by atoms with Gasteiger partial charge in [-0.2, -0.15) is 0 Å². The number of carbonyl (C=O) groups is 1. The lowest BCUT2D eigenvalue weighted by molar-refractivity contribution is -0.115. The van der Waals surface area contributed by atoms with Gasteiger partial charge in [-0.25, -0.2) is 8.42 Å². The van der Waals surface area contributed by atoms with Crippen molar-refractivity contribution in [2.24, 2.45) is 0 Å². The summed E-state index contributed by atoms with van der Waals surface area (Å²) in [6, 6.07) is 15.5. The molecular weight excluding hydrogens is 314 g/mol. The summed E-state index contributed by atoms with van der Waals surface area (Å²) in [6.07, 6.45) is 0. The monoisotopic (exact) mass is 333 g/mol. The second-order valence-corrected chi connectivity index (χ2v) is 7.47. The summed E-state index contributed by atoms with van der Waals surface area (Å²) in [4.78, 5) is 12.2. The van der Waals surface area contributed by atoms with Crippen LogP contribution in [-0.4, -0.2) is 26.7 Å². The average molecular weight is 333 g/mol. The number of hydrogen-bond acceptors (Lipinski definition) is 4.